The van der Waals surface area contributed by atoms with Crippen molar-refractivity contribution in [2.45, 2.75) is 19.4 Å². The second-order valence-corrected chi connectivity index (χ2v) is 6.69. The van der Waals surface area contributed by atoms with Gasteiger partial charge in [0.05, 0.1) is 6.26 Å². The minimum absolute atomic E-state index is 0.0751. The summed E-state index contributed by atoms with van der Waals surface area (Å²) in [5.74, 6) is 0.289. The van der Waals surface area contributed by atoms with E-state index in [0.717, 1.165) is 12.1 Å². The number of para-hydroxylation sites is 1. The Morgan fingerprint density at radius 3 is 2.82 bits per heavy atom. The Balaban J connectivity index is 1.40. The molecule has 2 aromatic carbocycles. The summed E-state index contributed by atoms with van der Waals surface area (Å²) >= 11 is 0. The molecule has 28 heavy (non-hydrogen) atoms. The second-order valence-electron chi connectivity index (χ2n) is 6.69. The van der Waals surface area contributed by atoms with Gasteiger partial charge >= 0.3 is 0 Å². The molecule has 3 aromatic rings. The number of nitrogens with one attached hydrogen (secondary N) is 1. The topological polar surface area (TPSA) is 71.8 Å². The second kappa shape index (κ2) is 7.60. The lowest BCUT2D eigenvalue weighted by Crippen LogP contribution is -2.39. The highest BCUT2D eigenvalue weighted by Gasteiger charge is 2.30. The molecule has 0 saturated carbocycles. The van der Waals surface area contributed by atoms with Crippen LogP contribution in [0.15, 0.2) is 71.3 Å². The number of furan rings is 1. The zero-order valence-electron chi connectivity index (χ0n) is 15.4. The molecular weight excluding hydrogens is 356 g/mol. The minimum Gasteiger partial charge on any atom is -0.484 e. The number of carbonyl (C=O) groups excluding carboxylic acids is 2. The monoisotopic (exact) mass is 376 g/mol. The Morgan fingerprint density at radius 1 is 1.14 bits per heavy atom. The SMILES string of the molecule is C[C@@H]1Cc2ccccc2N1C(=O)COc1cccc(NC(=O)c2ccco2)c1. The van der Waals surface area contributed by atoms with Crippen molar-refractivity contribution >= 4 is 23.2 Å². The molecule has 1 atom stereocenters. The Bertz CT molecular complexity index is 997. The summed E-state index contributed by atoms with van der Waals surface area (Å²) in [4.78, 5) is 26.6. The van der Waals surface area contributed by atoms with Crippen molar-refractivity contribution in [3.8, 4) is 5.75 Å². The van der Waals surface area contributed by atoms with Crippen LogP contribution in [0.1, 0.15) is 23.0 Å². The lowest BCUT2D eigenvalue weighted by Gasteiger charge is -2.22. The maximum absolute atomic E-state index is 12.7. The smallest absolute Gasteiger partial charge is 0.291 e. The van der Waals surface area contributed by atoms with Gasteiger partial charge in [-0.2, -0.15) is 0 Å². The molecule has 1 N–H and O–H groups in total. The van der Waals surface area contributed by atoms with Crippen molar-refractivity contribution < 1.29 is 18.7 Å². The quantitative estimate of drug-likeness (QED) is 0.733. The first-order valence-corrected chi connectivity index (χ1v) is 9.09. The van der Waals surface area contributed by atoms with Gasteiger partial charge in [-0.25, -0.2) is 0 Å². The Labute approximate surface area is 162 Å². The van der Waals surface area contributed by atoms with Crippen molar-refractivity contribution in [1.82, 2.24) is 0 Å². The van der Waals surface area contributed by atoms with Crippen LogP contribution < -0.4 is 15.0 Å². The highest BCUT2D eigenvalue weighted by atomic mass is 16.5. The van der Waals surface area contributed by atoms with E-state index < -0.39 is 0 Å². The van der Waals surface area contributed by atoms with E-state index in [2.05, 4.69) is 5.32 Å². The number of nitrogens with zero attached hydrogens (tertiary/aromatic N) is 1. The summed E-state index contributed by atoms with van der Waals surface area (Å²) < 4.78 is 10.8. The normalized spacial score (nSPS) is 15.2. The molecule has 1 aliphatic rings. The third-order valence-electron chi connectivity index (χ3n) is 4.68. The van der Waals surface area contributed by atoms with Crippen LogP contribution >= 0.6 is 0 Å². The summed E-state index contributed by atoms with van der Waals surface area (Å²) in [5, 5.41) is 2.74. The predicted molar refractivity (Wildman–Crippen MR) is 106 cm³/mol. The molecule has 6 nitrogen and oxygen atoms in total. The fourth-order valence-electron chi connectivity index (χ4n) is 3.42. The average molecular weight is 376 g/mol. The van der Waals surface area contributed by atoms with E-state index in [9.17, 15) is 9.59 Å². The standard InChI is InChI=1S/C22H20N2O4/c1-15-12-16-6-2-3-9-19(16)24(15)21(25)14-28-18-8-4-7-17(13-18)23-22(26)20-10-5-11-27-20/h2-11,13,15H,12,14H2,1H3,(H,23,26)/t15-/m1/s1. The summed E-state index contributed by atoms with van der Waals surface area (Å²) in [5.41, 5.74) is 2.68. The van der Waals surface area contributed by atoms with Gasteiger partial charge in [0.15, 0.2) is 12.4 Å². The molecule has 2 heterocycles. The van der Waals surface area contributed by atoms with Crippen LogP contribution in [0.2, 0.25) is 0 Å². The number of ether oxygens (including phenoxy) is 1. The number of anilines is 2. The van der Waals surface area contributed by atoms with E-state index in [1.54, 1.807) is 41.3 Å². The molecule has 2 amide bonds. The first-order valence-electron chi connectivity index (χ1n) is 9.09. The van der Waals surface area contributed by atoms with Crippen LogP contribution in [0.25, 0.3) is 0 Å². The van der Waals surface area contributed by atoms with Crippen molar-refractivity contribution in [1.29, 1.82) is 0 Å². The first kappa shape index (κ1) is 17.9. The molecular formula is C22H20N2O4. The lowest BCUT2D eigenvalue weighted by atomic mass is 10.1. The van der Waals surface area contributed by atoms with Crippen LogP contribution in [0.5, 0.6) is 5.75 Å². The number of rotatable bonds is 5. The highest BCUT2D eigenvalue weighted by Crippen LogP contribution is 2.32. The number of benzene rings is 2. The van der Waals surface area contributed by atoms with Crippen molar-refractivity contribution in [2.24, 2.45) is 0 Å². The Hall–Kier alpha value is -3.54. The largest absolute Gasteiger partial charge is 0.484 e. The maximum Gasteiger partial charge on any atom is 0.291 e. The van der Waals surface area contributed by atoms with Gasteiger partial charge in [0.1, 0.15) is 5.75 Å². The Morgan fingerprint density at radius 2 is 2.00 bits per heavy atom. The van der Waals surface area contributed by atoms with E-state index in [1.165, 1.54) is 11.8 Å². The summed E-state index contributed by atoms with van der Waals surface area (Å²) in [6.07, 6.45) is 2.29. The molecule has 0 aliphatic carbocycles. The number of fused-ring (bicyclic) bond motifs is 1. The summed E-state index contributed by atoms with van der Waals surface area (Å²) in [6.45, 7) is 1.96. The zero-order valence-corrected chi connectivity index (χ0v) is 15.4. The number of amides is 2. The van der Waals surface area contributed by atoms with Gasteiger partial charge in [0, 0.05) is 23.5 Å². The average Bonchev–Trinajstić information content (AvgIpc) is 3.33. The fraction of sp³-hybridized carbons (Fsp3) is 0.182. The van der Waals surface area contributed by atoms with Crippen LogP contribution in [-0.2, 0) is 11.2 Å². The minimum atomic E-state index is -0.347. The molecule has 6 heteroatoms. The molecule has 1 aromatic heterocycles. The van der Waals surface area contributed by atoms with Gasteiger partial charge in [-0.05, 0) is 49.2 Å². The molecule has 142 valence electrons. The predicted octanol–water partition coefficient (Wildman–Crippen LogP) is 3.89. The van der Waals surface area contributed by atoms with Crippen LogP contribution in [-0.4, -0.2) is 24.5 Å². The van der Waals surface area contributed by atoms with E-state index >= 15 is 0 Å². The van der Waals surface area contributed by atoms with Gasteiger partial charge in [0.25, 0.3) is 11.8 Å². The Kier molecular flexibility index (Phi) is 4.85. The molecule has 0 spiro atoms. The molecule has 0 fully saturated rings. The van der Waals surface area contributed by atoms with Gasteiger partial charge in [0.2, 0.25) is 0 Å². The molecule has 0 unspecified atom stereocenters. The van der Waals surface area contributed by atoms with Crippen LogP contribution in [0.4, 0.5) is 11.4 Å². The van der Waals surface area contributed by atoms with Crippen LogP contribution in [0, 0.1) is 0 Å². The molecule has 1 aliphatic heterocycles. The third-order valence-corrected chi connectivity index (χ3v) is 4.68. The fourth-order valence-corrected chi connectivity index (χ4v) is 3.42. The first-order chi connectivity index (χ1) is 13.6. The highest BCUT2D eigenvalue weighted by molar-refractivity contribution is 6.02. The lowest BCUT2D eigenvalue weighted by molar-refractivity contribution is -0.120. The van der Waals surface area contributed by atoms with Gasteiger partial charge in [-0.15, -0.1) is 0 Å². The number of carbonyl (C=O) groups is 2. The summed E-state index contributed by atoms with van der Waals surface area (Å²) in [6, 6.07) is 18.2. The van der Waals surface area contributed by atoms with E-state index in [4.69, 9.17) is 9.15 Å². The summed E-state index contributed by atoms with van der Waals surface area (Å²) in [7, 11) is 0. The van der Waals surface area contributed by atoms with E-state index in [1.807, 2.05) is 31.2 Å². The number of hydrogen-bond donors (Lipinski definition) is 1. The van der Waals surface area contributed by atoms with Gasteiger partial charge < -0.3 is 19.4 Å². The molecule has 0 bridgehead atoms. The van der Waals surface area contributed by atoms with Crippen LogP contribution in [0.3, 0.4) is 0 Å². The van der Waals surface area contributed by atoms with Gasteiger partial charge in [-0.3, -0.25) is 9.59 Å². The van der Waals surface area contributed by atoms with Crippen molar-refractivity contribution in [2.75, 3.05) is 16.8 Å². The third kappa shape index (κ3) is 3.62. The van der Waals surface area contributed by atoms with Gasteiger partial charge in [-0.1, -0.05) is 24.3 Å². The molecule has 0 saturated heterocycles. The van der Waals surface area contributed by atoms with E-state index in [-0.39, 0.29) is 30.2 Å². The number of hydrogen-bond acceptors (Lipinski definition) is 4. The van der Waals surface area contributed by atoms with E-state index in [0.29, 0.717) is 11.4 Å². The molecule has 4 rings (SSSR count). The zero-order chi connectivity index (χ0) is 19.5. The maximum atomic E-state index is 12.7. The van der Waals surface area contributed by atoms with Crippen molar-refractivity contribution in [3.05, 3.63) is 78.3 Å². The molecule has 0 radical (unpaired) electrons. The van der Waals surface area contributed by atoms with Crippen molar-refractivity contribution in [3.63, 3.8) is 0 Å².